The van der Waals surface area contributed by atoms with Gasteiger partial charge in [-0.25, -0.2) is 4.98 Å². The highest BCUT2D eigenvalue weighted by Gasteiger charge is 2.07. The molecule has 0 aliphatic rings. The molecule has 0 aliphatic carbocycles. The number of aromatic nitrogens is 3. The number of benzene rings is 1. The molecular formula is C17H20ClN5. The van der Waals surface area contributed by atoms with Crippen molar-refractivity contribution in [3.63, 3.8) is 0 Å². The van der Waals surface area contributed by atoms with E-state index in [0.717, 1.165) is 29.8 Å². The van der Waals surface area contributed by atoms with Crippen LogP contribution in [0.4, 0.5) is 5.82 Å². The molecule has 0 bridgehead atoms. The van der Waals surface area contributed by atoms with Gasteiger partial charge < -0.3 is 15.2 Å². The average Bonchev–Trinajstić information content (AvgIpc) is 2.99. The number of halogens is 1. The summed E-state index contributed by atoms with van der Waals surface area (Å²) in [6.07, 6.45) is 2.90. The van der Waals surface area contributed by atoms with Gasteiger partial charge in [0.05, 0.1) is 5.39 Å². The van der Waals surface area contributed by atoms with Gasteiger partial charge in [-0.1, -0.05) is 24.3 Å². The summed E-state index contributed by atoms with van der Waals surface area (Å²) in [5.41, 5.74) is 3.30. The summed E-state index contributed by atoms with van der Waals surface area (Å²) in [7, 11) is 4.18. The zero-order valence-electron chi connectivity index (χ0n) is 13.3. The molecule has 0 unspecified atom stereocenters. The van der Waals surface area contributed by atoms with E-state index in [2.05, 4.69) is 63.5 Å². The van der Waals surface area contributed by atoms with Crippen LogP contribution in [0.3, 0.4) is 0 Å². The molecule has 0 aliphatic heterocycles. The molecule has 2 N–H and O–H groups in total. The highest BCUT2D eigenvalue weighted by molar-refractivity contribution is 6.28. The predicted molar refractivity (Wildman–Crippen MR) is 94.9 cm³/mol. The first kappa shape index (κ1) is 15.8. The number of aromatic amines is 1. The summed E-state index contributed by atoms with van der Waals surface area (Å²) in [5.74, 6) is 0.748. The Bertz CT molecular complexity index is 779. The van der Waals surface area contributed by atoms with Crippen molar-refractivity contribution in [2.24, 2.45) is 0 Å². The predicted octanol–water partition coefficient (Wildman–Crippen LogP) is 3.33. The molecule has 1 aromatic carbocycles. The second kappa shape index (κ2) is 6.98. The number of H-pyrrole nitrogens is 1. The molecule has 0 saturated heterocycles. The van der Waals surface area contributed by atoms with E-state index >= 15 is 0 Å². The minimum atomic E-state index is 0.237. The van der Waals surface area contributed by atoms with Gasteiger partial charge in [0.25, 0.3) is 0 Å². The topological polar surface area (TPSA) is 56.8 Å². The van der Waals surface area contributed by atoms with Gasteiger partial charge in [0.15, 0.2) is 0 Å². The van der Waals surface area contributed by atoms with Crippen molar-refractivity contribution in [3.05, 3.63) is 52.9 Å². The molecule has 0 radical (unpaired) electrons. The second-order valence-electron chi connectivity index (χ2n) is 5.80. The van der Waals surface area contributed by atoms with Crippen molar-refractivity contribution in [1.29, 1.82) is 0 Å². The normalized spacial score (nSPS) is 11.3. The lowest BCUT2D eigenvalue weighted by Gasteiger charge is -2.10. The number of fused-ring (bicyclic) bond motifs is 1. The lowest BCUT2D eigenvalue weighted by atomic mass is 10.1. The average molecular weight is 330 g/mol. The number of hydrogen-bond acceptors (Lipinski definition) is 4. The smallest absolute Gasteiger partial charge is 0.226 e. The molecule has 6 heteroatoms. The summed E-state index contributed by atoms with van der Waals surface area (Å²) >= 11 is 5.96. The van der Waals surface area contributed by atoms with E-state index in [-0.39, 0.29) is 5.28 Å². The van der Waals surface area contributed by atoms with Gasteiger partial charge in [-0.2, -0.15) is 4.98 Å². The van der Waals surface area contributed by atoms with Gasteiger partial charge in [-0.05, 0) is 49.3 Å². The monoisotopic (exact) mass is 329 g/mol. The SMILES string of the molecule is CN(C)CCc1ccc(CNc2nc(Cl)nc3[nH]ccc23)cc1. The molecule has 3 aromatic rings. The first-order valence-corrected chi connectivity index (χ1v) is 7.96. The Balaban J connectivity index is 1.66. The Hall–Kier alpha value is -2.11. The van der Waals surface area contributed by atoms with Gasteiger partial charge >= 0.3 is 0 Å². The van der Waals surface area contributed by atoms with Gasteiger partial charge in [-0.3, -0.25) is 0 Å². The summed E-state index contributed by atoms with van der Waals surface area (Å²) in [5, 5.41) is 4.52. The summed E-state index contributed by atoms with van der Waals surface area (Å²) < 4.78 is 0. The van der Waals surface area contributed by atoms with Crippen LogP contribution in [-0.4, -0.2) is 40.5 Å². The quantitative estimate of drug-likeness (QED) is 0.681. The van der Waals surface area contributed by atoms with Crippen LogP contribution in [0.15, 0.2) is 36.5 Å². The first-order valence-electron chi connectivity index (χ1n) is 7.59. The highest BCUT2D eigenvalue weighted by atomic mass is 35.5. The minimum Gasteiger partial charge on any atom is -0.365 e. The maximum absolute atomic E-state index is 5.96. The van der Waals surface area contributed by atoms with Gasteiger partial charge in [0, 0.05) is 19.3 Å². The third-order valence-electron chi connectivity index (χ3n) is 3.72. The van der Waals surface area contributed by atoms with Crippen molar-refractivity contribution in [3.8, 4) is 0 Å². The molecule has 0 spiro atoms. The number of likely N-dealkylation sites (N-methyl/N-ethyl adjacent to an activating group) is 1. The van der Waals surface area contributed by atoms with Gasteiger partial charge in [0.2, 0.25) is 5.28 Å². The fourth-order valence-electron chi connectivity index (χ4n) is 2.41. The molecule has 0 amide bonds. The summed E-state index contributed by atoms with van der Waals surface area (Å²) in [6, 6.07) is 10.6. The Kier molecular flexibility index (Phi) is 4.79. The molecular weight excluding hydrogens is 310 g/mol. The fourth-order valence-corrected chi connectivity index (χ4v) is 2.58. The number of anilines is 1. The van der Waals surface area contributed by atoms with Crippen LogP contribution in [-0.2, 0) is 13.0 Å². The van der Waals surface area contributed by atoms with Crippen LogP contribution >= 0.6 is 11.6 Å². The molecule has 0 fully saturated rings. The maximum Gasteiger partial charge on any atom is 0.226 e. The molecule has 5 nitrogen and oxygen atoms in total. The van der Waals surface area contributed by atoms with Crippen molar-refractivity contribution < 1.29 is 0 Å². The Morgan fingerprint density at radius 2 is 1.83 bits per heavy atom. The third kappa shape index (κ3) is 4.00. The Morgan fingerprint density at radius 1 is 1.09 bits per heavy atom. The number of hydrogen-bond donors (Lipinski definition) is 2. The maximum atomic E-state index is 5.96. The van der Waals surface area contributed by atoms with E-state index in [1.165, 1.54) is 11.1 Å². The van der Waals surface area contributed by atoms with E-state index < -0.39 is 0 Å². The highest BCUT2D eigenvalue weighted by Crippen LogP contribution is 2.21. The lowest BCUT2D eigenvalue weighted by Crippen LogP contribution is -2.15. The standard InChI is InChI=1S/C17H20ClN5/c1-23(2)10-8-12-3-5-13(6-4-12)11-20-16-14-7-9-19-15(14)21-17(18)22-16/h3-7,9H,8,10-11H2,1-2H3,(H2,19,20,21,22). The van der Waals surface area contributed by atoms with Crippen LogP contribution in [0.5, 0.6) is 0 Å². The van der Waals surface area contributed by atoms with Crippen LogP contribution < -0.4 is 5.32 Å². The van der Waals surface area contributed by atoms with Crippen molar-refractivity contribution in [2.75, 3.05) is 26.0 Å². The summed E-state index contributed by atoms with van der Waals surface area (Å²) in [4.78, 5) is 13.7. The molecule has 3 rings (SSSR count). The van der Waals surface area contributed by atoms with Crippen molar-refractivity contribution in [2.45, 2.75) is 13.0 Å². The van der Waals surface area contributed by atoms with E-state index in [0.29, 0.717) is 6.54 Å². The van der Waals surface area contributed by atoms with Crippen LogP contribution in [0.2, 0.25) is 5.28 Å². The zero-order chi connectivity index (χ0) is 16.2. The first-order chi connectivity index (χ1) is 11.1. The molecule has 120 valence electrons. The van der Waals surface area contributed by atoms with Crippen molar-refractivity contribution in [1.82, 2.24) is 19.9 Å². The number of nitrogens with zero attached hydrogens (tertiary/aromatic N) is 3. The molecule has 23 heavy (non-hydrogen) atoms. The van der Waals surface area contributed by atoms with Gasteiger partial charge in [-0.15, -0.1) is 0 Å². The van der Waals surface area contributed by atoms with E-state index in [4.69, 9.17) is 11.6 Å². The number of nitrogens with one attached hydrogen (secondary N) is 2. The molecule has 0 saturated carbocycles. The summed E-state index contributed by atoms with van der Waals surface area (Å²) in [6.45, 7) is 1.75. The fraction of sp³-hybridized carbons (Fsp3) is 0.294. The molecule has 0 atom stereocenters. The van der Waals surface area contributed by atoms with E-state index in [1.807, 2.05) is 12.3 Å². The van der Waals surface area contributed by atoms with Crippen molar-refractivity contribution >= 4 is 28.5 Å². The van der Waals surface area contributed by atoms with E-state index in [9.17, 15) is 0 Å². The lowest BCUT2D eigenvalue weighted by molar-refractivity contribution is 0.413. The van der Waals surface area contributed by atoms with Crippen LogP contribution in [0.1, 0.15) is 11.1 Å². The zero-order valence-corrected chi connectivity index (χ0v) is 14.1. The van der Waals surface area contributed by atoms with Crippen LogP contribution in [0, 0.1) is 0 Å². The Labute approximate surface area is 140 Å². The minimum absolute atomic E-state index is 0.237. The number of rotatable bonds is 6. The largest absolute Gasteiger partial charge is 0.365 e. The Morgan fingerprint density at radius 3 is 2.57 bits per heavy atom. The van der Waals surface area contributed by atoms with Crippen LogP contribution in [0.25, 0.3) is 11.0 Å². The molecule has 2 heterocycles. The third-order valence-corrected chi connectivity index (χ3v) is 3.89. The second-order valence-corrected chi connectivity index (χ2v) is 6.14. The molecule has 2 aromatic heterocycles. The van der Waals surface area contributed by atoms with E-state index in [1.54, 1.807) is 0 Å². The van der Waals surface area contributed by atoms with Gasteiger partial charge in [0.1, 0.15) is 11.5 Å².